The molecule has 0 atom stereocenters. The number of fused-ring (bicyclic) bond motifs is 9. The number of hydrogen-bond donors (Lipinski definition) is 1. The Morgan fingerprint density at radius 2 is 1.33 bits per heavy atom. The number of furan rings is 1. The molecule has 2 aliphatic rings. The fourth-order valence-corrected chi connectivity index (χ4v) is 7.03. The summed E-state index contributed by atoms with van der Waals surface area (Å²) in [5.74, 6) is 0. The maximum Gasteiger partial charge on any atom is 0.158 e. The first-order chi connectivity index (χ1) is 17.8. The summed E-state index contributed by atoms with van der Waals surface area (Å²) in [4.78, 5) is 0. The third kappa shape index (κ3) is 2.73. The molecule has 2 nitrogen and oxygen atoms in total. The molecular weight excluding hydrogens is 438 g/mol. The van der Waals surface area contributed by atoms with Crippen LogP contribution in [-0.4, -0.2) is 0 Å². The Bertz CT molecular complexity index is 1800. The lowest BCUT2D eigenvalue weighted by molar-refractivity contribution is 0.353. The zero-order valence-electron chi connectivity index (χ0n) is 20.2. The van der Waals surface area contributed by atoms with Gasteiger partial charge in [-0.05, 0) is 64.6 Å². The van der Waals surface area contributed by atoms with Crippen LogP contribution in [0.4, 0.5) is 11.4 Å². The van der Waals surface area contributed by atoms with E-state index in [-0.39, 0.29) is 5.41 Å². The molecule has 6 aromatic rings. The molecule has 2 heteroatoms. The quantitative estimate of drug-likeness (QED) is 0.275. The summed E-state index contributed by atoms with van der Waals surface area (Å²) in [6, 6.07) is 35.3. The van der Waals surface area contributed by atoms with Gasteiger partial charge in [0.25, 0.3) is 0 Å². The molecule has 0 unspecified atom stereocenters. The molecule has 1 N–H and O–H groups in total. The Hall–Kier alpha value is -4.04. The Kier molecular flexibility index (Phi) is 4.19. The lowest BCUT2D eigenvalue weighted by Gasteiger charge is -2.36. The van der Waals surface area contributed by atoms with Gasteiger partial charge in [-0.2, -0.15) is 0 Å². The van der Waals surface area contributed by atoms with Crippen molar-refractivity contribution in [2.75, 3.05) is 5.32 Å². The van der Waals surface area contributed by atoms with Crippen LogP contribution in [0.1, 0.15) is 43.2 Å². The largest absolute Gasteiger partial charge is 0.454 e. The maximum absolute atomic E-state index is 6.50. The van der Waals surface area contributed by atoms with Crippen LogP contribution in [-0.2, 0) is 5.41 Å². The number of benzene rings is 5. The van der Waals surface area contributed by atoms with Crippen molar-refractivity contribution in [1.82, 2.24) is 0 Å². The summed E-state index contributed by atoms with van der Waals surface area (Å²) in [5.41, 5.74) is 9.96. The second-order valence-electron chi connectivity index (χ2n) is 10.5. The highest BCUT2D eigenvalue weighted by molar-refractivity contribution is 6.13. The van der Waals surface area contributed by atoms with Crippen LogP contribution in [0.3, 0.4) is 0 Å². The third-order valence-electron chi connectivity index (χ3n) is 8.63. The van der Waals surface area contributed by atoms with E-state index in [0.717, 1.165) is 27.6 Å². The van der Waals surface area contributed by atoms with Crippen LogP contribution in [0, 0.1) is 0 Å². The monoisotopic (exact) mass is 465 g/mol. The molecule has 174 valence electrons. The first-order valence-electron chi connectivity index (χ1n) is 13.2. The summed E-state index contributed by atoms with van der Waals surface area (Å²) in [5, 5.41) is 8.57. The van der Waals surface area contributed by atoms with Crippen molar-refractivity contribution in [3.63, 3.8) is 0 Å². The van der Waals surface area contributed by atoms with E-state index in [0.29, 0.717) is 0 Å². The molecule has 0 amide bonds. The van der Waals surface area contributed by atoms with Crippen LogP contribution in [0.2, 0.25) is 0 Å². The lowest BCUT2D eigenvalue weighted by atomic mass is 9.68. The summed E-state index contributed by atoms with van der Waals surface area (Å²) >= 11 is 0. The van der Waals surface area contributed by atoms with Gasteiger partial charge in [0, 0.05) is 27.4 Å². The van der Waals surface area contributed by atoms with Crippen molar-refractivity contribution in [3.05, 3.63) is 108 Å². The van der Waals surface area contributed by atoms with Crippen molar-refractivity contribution >= 4 is 44.1 Å². The van der Waals surface area contributed by atoms with E-state index in [1.54, 1.807) is 0 Å². The third-order valence-corrected chi connectivity index (χ3v) is 8.63. The summed E-state index contributed by atoms with van der Waals surface area (Å²) in [6.45, 7) is 0. The van der Waals surface area contributed by atoms with Crippen molar-refractivity contribution in [1.29, 1.82) is 0 Å². The highest BCUT2D eigenvalue weighted by Gasteiger charge is 2.44. The van der Waals surface area contributed by atoms with Crippen molar-refractivity contribution in [2.45, 2.75) is 37.5 Å². The minimum atomic E-state index is 0.160. The number of anilines is 2. The van der Waals surface area contributed by atoms with Gasteiger partial charge >= 0.3 is 0 Å². The number of para-hydroxylation sites is 1. The highest BCUT2D eigenvalue weighted by atomic mass is 16.3. The Balaban J connectivity index is 1.31. The van der Waals surface area contributed by atoms with Gasteiger partial charge in [0.05, 0.1) is 5.69 Å². The number of rotatable bonds is 2. The zero-order chi connectivity index (χ0) is 23.7. The molecular formula is C34H27NO. The molecule has 8 rings (SSSR count). The maximum atomic E-state index is 6.50. The molecule has 1 spiro atoms. The average molecular weight is 466 g/mol. The van der Waals surface area contributed by atoms with Gasteiger partial charge in [0.15, 0.2) is 5.58 Å². The number of nitrogens with one attached hydrogen (secondary N) is 1. The van der Waals surface area contributed by atoms with Crippen molar-refractivity contribution in [3.8, 4) is 11.1 Å². The van der Waals surface area contributed by atoms with E-state index < -0.39 is 0 Å². The minimum Gasteiger partial charge on any atom is -0.454 e. The molecule has 5 aromatic carbocycles. The van der Waals surface area contributed by atoms with E-state index in [4.69, 9.17) is 4.42 Å². The van der Waals surface area contributed by atoms with Crippen LogP contribution >= 0.6 is 0 Å². The molecule has 1 saturated carbocycles. The van der Waals surface area contributed by atoms with Crippen molar-refractivity contribution < 1.29 is 4.42 Å². The van der Waals surface area contributed by atoms with E-state index in [9.17, 15) is 0 Å². The van der Waals surface area contributed by atoms with Gasteiger partial charge < -0.3 is 9.73 Å². The summed E-state index contributed by atoms with van der Waals surface area (Å²) < 4.78 is 6.50. The first kappa shape index (κ1) is 20.2. The van der Waals surface area contributed by atoms with Crippen LogP contribution in [0.5, 0.6) is 0 Å². The van der Waals surface area contributed by atoms with Crippen LogP contribution in [0.25, 0.3) is 43.8 Å². The van der Waals surface area contributed by atoms with E-state index >= 15 is 0 Å². The molecule has 1 heterocycles. The van der Waals surface area contributed by atoms with Gasteiger partial charge in [0.2, 0.25) is 0 Å². The van der Waals surface area contributed by atoms with Crippen molar-refractivity contribution in [2.24, 2.45) is 0 Å². The molecule has 2 aliphatic carbocycles. The van der Waals surface area contributed by atoms with Crippen LogP contribution < -0.4 is 5.32 Å². The summed E-state index contributed by atoms with van der Waals surface area (Å²) in [6.07, 6.45) is 6.44. The SMILES string of the molecule is c1ccc2c(c1)-c1c(Nc3cccc4c3oc3cc5ccccc5cc34)cccc1C21CCCCC1. The molecule has 1 aromatic heterocycles. The van der Waals surface area contributed by atoms with Gasteiger partial charge in [-0.25, -0.2) is 0 Å². The number of hydrogen-bond acceptors (Lipinski definition) is 2. The second-order valence-corrected chi connectivity index (χ2v) is 10.5. The Morgan fingerprint density at radius 1 is 0.611 bits per heavy atom. The molecule has 0 bridgehead atoms. The van der Waals surface area contributed by atoms with Gasteiger partial charge in [-0.15, -0.1) is 0 Å². The molecule has 0 saturated heterocycles. The van der Waals surface area contributed by atoms with E-state index in [2.05, 4.69) is 102 Å². The molecule has 0 aliphatic heterocycles. The van der Waals surface area contributed by atoms with Gasteiger partial charge in [-0.1, -0.05) is 92.1 Å². The fraction of sp³-hybridized carbons (Fsp3) is 0.176. The lowest BCUT2D eigenvalue weighted by Crippen LogP contribution is -2.27. The summed E-state index contributed by atoms with van der Waals surface area (Å²) in [7, 11) is 0. The molecule has 36 heavy (non-hydrogen) atoms. The highest BCUT2D eigenvalue weighted by Crippen LogP contribution is 2.57. The smallest absolute Gasteiger partial charge is 0.158 e. The van der Waals surface area contributed by atoms with E-state index in [1.165, 1.54) is 70.8 Å². The second kappa shape index (κ2) is 7.48. The normalized spacial score (nSPS) is 16.0. The fourth-order valence-electron chi connectivity index (χ4n) is 7.03. The van der Waals surface area contributed by atoms with Crippen LogP contribution in [0.15, 0.2) is 101 Å². The van der Waals surface area contributed by atoms with Gasteiger partial charge in [-0.3, -0.25) is 0 Å². The minimum absolute atomic E-state index is 0.160. The first-order valence-corrected chi connectivity index (χ1v) is 13.2. The topological polar surface area (TPSA) is 25.2 Å². The van der Waals surface area contributed by atoms with Gasteiger partial charge in [0.1, 0.15) is 5.58 Å². The Morgan fingerprint density at radius 3 is 2.22 bits per heavy atom. The predicted octanol–water partition coefficient (Wildman–Crippen LogP) is 9.71. The predicted molar refractivity (Wildman–Crippen MR) is 150 cm³/mol. The zero-order valence-corrected chi connectivity index (χ0v) is 20.2. The Labute approximate surface area is 210 Å². The molecule has 1 fully saturated rings. The average Bonchev–Trinajstić information content (AvgIpc) is 3.42. The standard InChI is InChI=1S/C34H27NO/c1-6-18-34(19-7-1)27-14-5-4-12-25(27)32-28(34)15-9-16-29(32)35-30-17-8-13-24-26-20-22-10-2-3-11-23(22)21-31(26)36-33(24)30/h2-5,8-17,20-21,35H,1,6-7,18-19H2. The molecule has 0 radical (unpaired) electrons. The van der Waals surface area contributed by atoms with E-state index in [1.807, 2.05) is 0 Å².